The van der Waals surface area contributed by atoms with Gasteiger partial charge >= 0.3 is 6.09 Å². The number of carbonyl (C=O) groups excluding carboxylic acids is 4. The molecule has 4 amide bonds. The van der Waals surface area contributed by atoms with Crippen molar-refractivity contribution in [1.82, 2.24) is 20.4 Å². The molecule has 1 aliphatic rings. The number of alkyl carbamates (subject to hydrolysis) is 1. The SMILES string of the molecule is CC(=O)N1CCN(C(=O)CCNC(=O)C(NC(=O)OC(C)(C)C)C(C)C)CC1. The van der Waals surface area contributed by atoms with Crippen molar-refractivity contribution in [2.75, 3.05) is 32.7 Å². The average Bonchev–Trinajstić information content (AvgIpc) is 2.57. The van der Waals surface area contributed by atoms with Crippen molar-refractivity contribution < 1.29 is 23.9 Å². The lowest BCUT2D eigenvalue weighted by molar-refractivity contribution is -0.138. The van der Waals surface area contributed by atoms with Crippen LogP contribution < -0.4 is 10.6 Å². The molecule has 1 fully saturated rings. The van der Waals surface area contributed by atoms with Crippen LogP contribution in [0, 0.1) is 5.92 Å². The summed E-state index contributed by atoms with van der Waals surface area (Å²) in [5.41, 5.74) is -0.652. The Morgan fingerprint density at radius 3 is 2.00 bits per heavy atom. The zero-order chi connectivity index (χ0) is 21.5. The predicted octanol–water partition coefficient (Wildman–Crippen LogP) is 0.733. The first-order valence-corrected chi connectivity index (χ1v) is 9.71. The number of nitrogens with one attached hydrogen (secondary N) is 2. The Morgan fingerprint density at radius 2 is 1.54 bits per heavy atom. The smallest absolute Gasteiger partial charge is 0.408 e. The fourth-order valence-corrected chi connectivity index (χ4v) is 2.80. The molecule has 160 valence electrons. The molecular formula is C19H34N4O5. The highest BCUT2D eigenvalue weighted by molar-refractivity contribution is 5.86. The molecule has 9 nitrogen and oxygen atoms in total. The second kappa shape index (κ2) is 10.3. The van der Waals surface area contributed by atoms with Gasteiger partial charge in [0.2, 0.25) is 17.7 Å². The normalized spacial score (nSPS) is 15.8. The van der Waals surface area contributed by atoms with Crippen LogP contribution in [0.4, 0.5) is 4.79 Å². The van der Waals surface area contributed by atoms with E-state index in [0.29, 0.717) is 26.2 Å². The molecule has 0 aromatic carbocycles. The lowest BCUT2D eigenvalue weighted by Crippen LogP contribution is -2.52. The van der Waals surface area contributed by atoms with Crippen LogP contribution in [0.5, 0.6) is 0 Å². The van der Waals surface area contributed by atoms with Crippen molar-refractivity contribution in [2.24, 2.45) is 5.92 Å². The third kappa shape index (κ3) is 8.14. The van der Waals surface area contributed by atoms with Crippen molar-refractivity contribution in [3.8, 4) is 0 Å². The molecular weight excluding hydrogens is 364 g/mol. The fraction of sp³-hybridized carbons (Fsp3) is 0.789. The lowest BCUT2D eigenvalue weighted by Gasteiger charge is -2.34. The second-order valence-corrected chi connectivity index (χ2v) is 8.30. The van der Waals surface area contributed by atoms with Gasteiger partial charge in [-0.05, 0) is 26.7 Å². The highest BCUT2D eigenvalue weighted by atomic mass is 16.6. The molecule has 0 spiro atoms. The van der Waals surface area contributed by atoms with E-state index in [0.717, 1.165) is 0 Å². The summed E-state index contributed by atoms with van der Waals surface area (Å²) >= 11 is 0. The highest BCUT2D eigenvalue weighted by Gasteiger charge is 2.27. The maximum absolute atomic E-state index is 12.4. The maximum Gasteiger partial charge on any atom is 0.408 e. The first kappa shape index (κ1) is 23.7. The van der Waals surface area contributed by atoms with Gasteiger partial charge in [0, 0.05) is 46.1 Å². The van der Waals surface area contributed by atoms with E-state index in [9.17, 15) is 19.2 Å². The van der Waals surface area contributed by atoms with Crippen LogP contribution in [0.25, 0.3) is 0 Å². The quantitative estimate of drug-likeness (QED) is 0.686. The molecule has 1 saturated heterocycles. The third-order valence-corrected chi connectivity index (χ3v) is 4.34. The van der Waals surface area contributed by atoms with Crippen LogP contribution in [-0.4, -0.2) is 78.0 Å². The van der Waals surface area contributed by atoms with Crippen molar-refractivity contribution in [3.63, 3.8) is 0 Å². The van der Waals surface area contributed by atoms with E-state index in [1.807, 2.05) is 13.8 Å². The van der Waals surface area contributed by atoms with Crippen molar-refractivity contribution in [3.05, 3.63) is 0 Å². The molecule has 0 aliphatic carbocycles. The molecule has 28 heavy (non-hydrogen) atoms. The van der Waals surface area contributed by atoms with Crippen molar-refractivity contribution in [2.45, 2.75) is 59.6 Å². The Morgan fingerprint density at radius 1 is 1.00 bits per heavy atom. The van der Waals surface area contributed by atoms with Gasteiger partial charge in [-0.2, -0.15) is 0 Å². The largest absolute Gasteiger partial charge is 0.444 e. The van der Waals surface area contributed by atoms with Crippen LogP contribution in [-0.2, 0) is 19.1 Å². The van der Waals surface area contributed by atoms with Gasteiger partial charge < -0.3 is 25.2 Å². The molecule has 0 aromatic heterocycles. The zero-order valence-corrected chi connectivity index (χ0v) is 17.8. The number of rotatable bonds is 6. The van der Waals surface area contributed by atoms with E-state index in [4.69, 9.17) is 4.74 Å². The molecule has 1 aliphatic heterocycles. The summed E-state index contributed by atoms with van der Waals surface area (Å²) in [5.74, 6) is -0.542. The molecule has 1 unspecified atom stereocenters. The van der Waals surface area contributed by atoms with Crippen LogP contribution in [0.15, 0.2) is 0 Å². The van der Waals surface area contributed by atoms with Crippen LogP contribution in [0.1, 0.15) is 48.0 Å². The summed E-state index contributed by atoms with van der Waals surface area (Å²) in [6, 6.07) is -0.746. The Hall–Kier alpha value is -2.32. The number of carbonyl (C=O) groups is 4. The molecule has 1 atom stereocenters. The lowest BCUT2D eigenvalue weighted by atomic mass is 10.0. The minimum absolute atomic E-state index is 0.0107. The summed E-state index contributed by atoms with van der Waals surface area (Å²) < 4.78 is 5.20. The monoisotopic (exact) mass is 398 g/mol. The number of nitrogens with zero attached hydrogens (tertiary/aromatic N) is 2. The Labute approximate surface area is 167 Å². The summed E-state index contributed by atoms with van der Waals surface area (Å²) in [4.78, 5) is 51.4. The Bertz CT molecular complexity index is 577. The van der Waals surface area contributed by atoms with Gasteiger partial charge in [0.05, 0.1) is 0 Å². The van der Waals surface area contributed by atoms with Gasteiger partial charge in [-0.25, -0.2) is 4.79 Å². The van der Waals surface area contributed by atoms with Gasteiger partial charge in [-0.15, -0.1) is 0 Å². The van der Waals surface area contributed by atoms with E-state index in [1.54, 1.807) is 30.6 Å². The number of amides is 4. The average molecular weight is 399 g/mol. The third-order valence-electron chi connectivity index (χ3n) is 4.34. The van der Waals surface area contributed by atoms with Crippen LogP contribution in [0.2, 0.25) is 0 Å². The molecule has 0 saturated carbocycles. The van der Waals surface area contributed by atoms with E-state index in [2.05, 4.69) is 10.6 Å². The minimum atomic E-state index is -0.746. The van der Waals surface area contributed by atoms with E-state index in [1.165, 1.54) is 6.92 Å². The topological polar surface area (TPSA) is 108 Å². The Balaban J connectivity index is 2.43. The maximum atomic E-state index is 12.4. The van der Waals surface area contributed by atoms with Gasteiger partial charge in [-0.3, -0.25) is 14.4 Å². The number of hydrogen-bond donors (Lipinski definition) is 2. The highest BCUT2D eigenvalue weighted by Crippen LogP contribution is 2.09. The summed E-state index contributed by atoms with van der Waals surface area (Å²) in [5, 5.41) is 5.29. The molecule has 0 radical (unpaired) electrons. The fourth-order valence-electron chi connectivity index (χ4n) is 2.80. The number of ether oxygens (including phenoxy) is 1. The molecule has 9 heteroatoms. The number of piperazine rings is 1. The number of hydrogen-bond acceptors (Lipinski definition) is 5. The summed E-state index contributed by atoms with van der Waals surface area (Å²) in [6.07, 6.45) is -0.482. The first-order chi connectivity index (χ1) is 12.9. The van der Waals surface area contributed by atoms with E-state index < -0.39 is 17.7 Å². The zero-order valence-electron chi connectivity index (χ0n) is 17.8. The van der Waals surface area contributed by atoms with Gasteiger partial charge in [-0.1, -0.05) is 13.8 Å². The Kier molecular flexibility index (Phi) is 8.71. The van der Waals surface area contributed by atoms with Gasteiger partial charge in [0.25, 0.3) is 0 Å². The molecule has 2 N–H and O–H groups in total. The molecule has 0 bridgehead atoms. The van der Waals surface area contributed by atoms with Crippen molar-refractivity contribution in [1.29, 1.82) is 0 Å². The van der Waals surface area contributed by atoms with Gasteiger partial charge in [0.1, 0.15) is 11.6 Å². The minimum Gasteiger partial charge on any atom is -0.444 e. The molecule has 0 aromatic rings. The molecule has 1 heterocycles. The van der Waals surface area contributed by atoms with Crippen LogP contribution >= 0.6 is 0 Å². The van der Waals surface area contributed by atoms with E-state index in [-0.39, 0.29) is 36.6 Å². The molecule has 1 rings (SSSR count). The van der Waals surface area contributed by atoms with Crippen molar-refractivity contribution >= 4 is 23.8 Å². The summed E-state index contributed by atoms with van der Waals surface area (Å²) in [7, 11) is 0. The standard InChI is InChI=1S/C19H34N4O5/c1-13(2)16(21-18(27)28-19(4,5)6)17(26)20-8-7-15(25)23-11-9-22(10-12-23)14(3)24/h13,16H,7-12H2,1-6H3,(H,20,26)(H,21,27). The second-order valence-electron chi connectivity index (χ2n) is 8.30. The first-order valence-electron chi connectivity index (χ1n) is 9.71. The van der Waals surface area contributed by atoms with E-state index >= 15 is 0 Å². The van der Waals surface area contributed by atoms with Crippen LogP contribution in [0.3, 0.4) is 0 Å². The van der Waals surface area contributed by atoms with Gasteiger partial charge in [0.15, 0.2) is 0 Å². The summed E-state index contributed by atoms with van der Waals surface area (Å²) in [6.45, 7) is 12.7. The predicted molar refractivity (Wildman–Crippen MR) is 104 cm³/mol.